The molecule has 1 atom stereocenters. The average Bonchev–Trinajstić information content (AvgIpc) is 2.74. The molecule has 2 aromatic rings. The highest BCUT2D eigenvalue weighted by Crippen LogP contribution is 2.20. The minimum Gasteiger partial charge on any atom is -0.324 e. The van der Waals surface area contributed by atoms with Gasteiger partial charge in [-0.1, -0.05) is 0 Å². The molecule has 0 radical (unpaired) electrons. The summed E-state index contributed by atoms with van der Waals surface area (Å²) in [6.07, 6.45) is 2.66. The third-order valence-corrected chi connectivity index (χ3v) is 3.25. The van der Waals surface area contributed by atoms with E-state index in [9.17, 15) is 0 Å². The molecular formula is C11H14N4S. The Morgan fingerprint density at radius 3 is 2.88 bits per heavy atom. The highest BCUT2D eigenvalue weighted by molar-refractivity contribution is 7.09. The molecule has 16 heavy (non-hydrogen) atoms. The number of thiazole rings is 1. The van der Waals surface area contributed by atoms with E-state index in [2.05, 4.69) is 15.2 Å². The third-order valence-electron chi connectivity index (χ3n) is 2.44. The van der Waals surface area contributed by atoms with Gasteiger partial charge in [0.05, 0.1) is 16.9 Å². The molecule has 0 aromatic carbocycles. The first-order chi connectivity index (χ1) is 7.66. The third kappa shape index (κ3) is 2.43. The molecule has 0 saturated carbocycles. The number of hydrogen-bond acceptors (Lipinski definition) is 5. The second-order valence-corrected chi connectivity index (χ2v) is 4.78. The lowest BCUT2D eigenvalue weighted by Crippen LogP contribution is -2.15. The van der Waals surface area contributed by atoms with Gasteiger partial charge in [-0.15, -0.1) is 11.3 Å². The van der Waals surface area contributed by atoms with Crippen molar-refractivity contribution in [1.82, 2.24) is 15.2 Å². The molecule has 0 bridgehead atoms. The molecule has 5 heteroatoms. The molecule has 2 heterocycles. The van der Waals surface area contributed by atoms with Gasteiger partial charge in [0.25, 0.3) is 0 Å². The first kappa shape index (κ1) is 11.2. The van der Waals surface area contributed by atoms with Crippen molar-refractivity contribution in [3.63, 3.8) is 0 Å². The summed E-state index contributed by atoms with van der Waals surface area (Å²) in [5, 5.41) is 8.09. The van der Waals surface area contributed by atoms with E-state index in [1.807, 2.05) is 31.6 Å². The van der Waals surface area contributed by atoms with Gasteiger partial charge in [0.15, 0.2) is 0 Å². The predicted octanol–water partition coefficient (Wildman–Crippen LogP) is 1.79. The molecular weight excluding hydrogens is 220 g/mol. The van der Waals surface area contributed by atoms with Gasteiger partial charge in [0.2, 0.25) is 0 Å². The van der Waals surface area contributed by atoms with Gasteiger partial charge >= 0.3 is 0 Å². The SMILES string of the molecule is Cc1cc(C(N)Cc2cncs2)c(C)nn1. The van der Waals surface area contributed by atoms with Gasteiger partial charge in [-0.05, 0) is 25.5 Å². The van der Waals surface area contributed by atoms with Crippen molar-refractivity contribution in [2.45, 2.75) is 26.3 Å². The van der Waals surface area contributed by atoms with E-state index >= 15 is 0 Å². The number of rotatable bonds is 3. The molecule has 0 amide bonds. The lowest BCUT2D eigenvalue weighted by Gasteiger charge is -2.12. The van der Waals surface area contributed by atoms with Crippen LogP contribution in [0.15, 0.2) is 17.8 Å². The Morgan fingerprint density at radius 2 is 2.19 bits per heavy atom. The van der Waals surface area contributed by atoms with Crippen LogP contribution in [0, 0.1) is 13.8 Å². The second kappa shape index (κ2) is 4.67. The number of hydrogen-bond donors (Lipinski definition) is 1. The highest BCUT2D eigenvalue weighted by Gasteiger charge is 2.12. The van der Waals surface area contributed by atoms with Gasteiger partial charge in [-0.25, -0.2) is 0 Å². The average molecular weight is 234 g/mol. The molecule has 0 aliphatic carbocycles. The number of nitrogens with zero attached hydrogens (tertiary/aromatic N) is 3. The largest absolute Gasteiger partial charge is 0.324 e. The molecule has 2 rings (SSSR count). The van der Waals surface area contributed by atoms with E-state index < -0.39 is 0 Å². The number of nitrogens with two attached hydrogens (primary N) is 1. The molecule has 84 valence electrons. The van der Waals surface area contributed by atoms with Crippen molar-refractivity contribution in [3.05, 3.63) is 39.6 Å². The Hall–Kier alpha value is -1.33. The zero-order chi connectivity index (χ0) is 11.5. The van der Waals surface area contributed by atoms with Crippen LogP contribution in [0.2, 0.25) is 0 Å². The lowest BCUT2D eigenvalue weighted by molar-refractivity contribution is 0.706. The monoisotopic (exact) mass is 234 g/mol. The molecule has 1 unspecified atom stereocenters. The van der Waals surface area contributed by atoms with E-state index in [-0.39, 0.29) is 6.04 Å². The van der Waals surface area contributed by atoms with E-state index in [0.717, 1.165) is 23.4 Å². The maximum Gasteiger partial charge on any atom is 0.0794 e. The summed E-state index contributed by atoms with van der Waals surface area (Å²) in [5.74, 6) is 0. The smallest absolute Gasteiger partial charge is 0.0794 e. The van der Waals surface area contributed by atoms with E-state index in [1.54, 1.807) is 11.3 Å². The zero-order valence-electron chi connectivity index (χ0n) is 9.34. The van der Waals surface area contributed by atoms with Crippen molar-refractivity contribution in [2.75, 3.05) is 0 Å². The fraction of sp³-hybridized carbons (Fsp3) is 0.364. The molecule has 0 fully saturated rings. The quantitative estimate of drug-likeness (QED) is 0.879. The standard InChI is InChI=1S/C11H14N4S/c1-7-3-10(8(2)15-14-7)11(12)4-9-5-13-6-16-9/h3,5-6,11H,4,12H2,1-2H3. The van der Waals surface area contributed by atoms with Crippen LogP contribution >= 0.6 is 11.3 Å². The summed E-state index contributed by atoms with van der Waals surface area (Å²) < 4.78 is 0. The predicted molar refractivity (Wildman–Crippen MR) is 64.3 cm³/mol. The minimum absolute atomic E-state index is 0.0327. The van der Waals surface area contributed by atoms with Crippen molar-refractivity contribution in [1.29, 1.82) is 0 Å². The summed E-state index contributed by atoms with van der Waals surface area (Å²) in [4.78, 5) is 5.24. The fourth-order valence-corrected chi connectivity index (χ4v) is 2.27. The normalized spacial score (nSPS) is 12.7. The number of aryl methyl sites for hydroxylation is 2. The summed E-state index contributed by atoms with van der Waals surface area (Å²) in [6.45, 7) is 3.86. The van der Waals surface area contributed by atoms with Gasteiger partial charge in [0.1, 0.15) is 0 Å². The van der Waals surface area contributed by atoms with Crippen LogP contribution in [0.4, 0.5) is 0 Å². The van der Waals surface area contributed by atoms with E-state index in [1.165, 1.54) is 4.88 Å². The first-order valence-electron chi connectivity index (χ1n) is 5.10. The van der Waals surface area contributed by atoms with Crippen molar-refractivity contribution < 1.29 is 0 Å². The van der Waals surface area contributed by atoms with E-state index in [0.29, 0.717) is 0 Å². The van der Waals surface area contributed by atoms with Gasteiger partial charge < -0.3 is 5.73 Å². The van der Waals surface area contributed by atoms with Crippen LogP contribution in [-0.4, -0.2) is 15.2 Å². The summed E-state index contributed by atoms with van der Waals surface area (Å²) in [6, 6.07) is 1.98. The van der Waals surface area contributed by atoms with Crippen molar-refractivity contribution >= 4 is 11.3 Å². The van der Waals surface area contributed by atoms with Crippen LogP contribution in [0.1, 0.15) is 27.9 Å². The van der Waals surface area contributed by atoms with Crippen LogP contribution in [0.25, 0.3) is 0 Å². The van der Waals surface area contributed by atoms with E-state index in [4.69, 9.17) is 5.73 Å². The van der Waals surface area contributed by atoms with Crippen LogP contribution in [0.5, 0.6) is 0 Å². The first-order valence-corrected chi connectivity index (χ1v) is 5.98. The van der Waals surface area contributed by atoms with Crippen LogP contribution in [0.3, 0.4) is 0 Å². The second-order valence-electron chi connectivity index (χ2n) is 3.80. The summed E-state index contributed by atoms with van der Waals surface area (Å²) >= 11 is 1.63. The Bertz CT molecular complexity index is 467. The molecule has 0 aliphatic rings. The van der Waals surface area contributed by atoms with Crippen molar-refractivity contribution in [3.8, 4) is 0 Å². The molecule has 2 N–H and O–H groups in total. The zero-order valence-corrected chi connectivity index (χ0v) is 10.2. The van der Waals surface area contributed by atoms with Crippen molar-refractivity contribution in [2.24, 2.45) is 5.73 Å². The summed E-state index contributed by atoms with van der Waals surface area (Å²) in [7, 11) is 0. The molecule has 0 aliphatic heterocycles. The van der Waals surface area contributed by atoms with Gasteiger partial charge in [0, 0.05) is 23.5 Å². The number of aromatic nitrogens is 3. The van der Waals surface area contributed by atoms with Gasteiger partial charge in [-0.3, -0.25) is 4.98 Å². The molecule has 2 aromatic heterocycles. The highest BCUT2D eigenvalue weighted by atomic mass is 32.1. The topological polar surface area (TPSA) is 64.7 Å². The van der Waals surface area contributed by atoms with Gasteiger partial charge in [-0.2, -0.15) is 10.2 Å². The Balaban J connectivity index is 2.20. The maximum atomic E-state index is 6.17. The molecule has 0 spiro atoms. The van der Waals surface area contributed by atoms with Crippen LogP contribution in [-0.2, 0) is 6.42 Å². The molecule has 0 saturated heterocycles. The Morgan fingerprint density at radius 1 is 1.38 bits per heavy atom. The minimum atomic E-state index is -0.0327. The Kier molecular flexibility index (Phi) is 3.26. The Labute approximate surface area is 98.6 Å². The van der Waals surface area contributed by atoms with Crippen LogP contribution < -0.4 is 5.73 Å². The lowest BCUT2D eigenvalue weighted by atomic mass is 10.0. The fourth-order valence-electron chi connectivity index (χ4n) is 1.61. The maximum absolute atomic E-state index is 6.17. The molecule has 4 nitrogen and oxygen atoms in total. The summed E-state index contributed by atoms with van der Waals surface area (Å²) in [5.41, 5.74) is 10.9.